The fourth-order valence-electron chi connectivity index (χ4n) is 3.36. The van der Waals surface area contributed by atoms with E-state index in [0.717, 1.165) is 6.54 Å². The lowest BCUT2D eigenvalue weighted by atomic mass is 9.71. The number of fused-ring (bicyclic) bond motifs is 1. The molecule has 1 heteroatoms. The number of aryl methyl sites for hydroxylation is 2. The number of hydrogen-bond acceptors (Lipinski definition) is 1. The lowest BCUT2D eigenvalue weighted by Crippen LogP contribution is -2.28. The van der Waals surface area contributed by atoms with Crippen LogP contribution in [0.4, 0.5) is 0 Å². The zero-order valence-corrected chi connectivity index (χ0v) is 11.5. The van der Waals surface area contributed by atoms with E-state index in [1.165, 1.54) is 35.1 Å². The Hall–Kier alpha value is -1.60. The van der Waals surface area contributed by atoms with Gasteiger partial charge in [-0.05, 0) is 48.9 Å². The molecule has 2 N–H and O–H groups in total. The van der Waals surface area contributed by atoms with Crippen molar-refractivity contribution < 1.29 is 0 Å². The van der Waals surface area contributed by atoms with Gasteiger partial charge in [-0.15, -0.1) is 0 Å². The Morgan fingerprint density at radius 2 is 1.89 bits per heavy atom. The summed E-state index contributed by atoms with van der Waals surface area (Å²) in [6, 6.07) is 17.7. The summed E-state index contributed by atoms with van der Waals surface area (Å²) < 4.78 is 0. The summed E-state index contributed by atoms with van der Waals surface area (Å²) in [6.45, 7) is 2.95. The van der Waals surface area contributed by atoms with E-state index in [1.54, 1.807) is 0 Å². The molecule has 2 unspecified atom stereocenters. The Labute approximate surface area is 115 Å². The predicted octanol–water partition coefficient (Wildman–Crippen LogP) is 3.65. The van der Waals surface area contributed by atoms with Crippen molar-refractivity contribution in [2.45, 2.75) is 25.7 Å². The maximum Gasteiger partial charge on any atom is 0.0133 e. The average Bonchev–Trinajstić information content (AvgIpc) is 2.46. The third-order valence-corrected chi connectivity index (χ3v) is 4.35. The van der Waals surface area contributed by atoms with Crippen molar-refractivity contribution in [2.24, 2.45) is 11.7 Å². The molecule has 0 saturated carbocycles. The van der Waals surface area contributed by atoms with Crippen molar-refractivity contribution in [3.05, 3.63) is 70.8 Å². The average molecular weight is 251 g/mol. The first kappa shape index (κ1) is 12.4. The molecule has 0 amide bonds. The molecule has 0 heterocycles. The van der Waals surface area contributed by atoms with Crippen LogP contribution in [0.1, 0.15) is 34.6 Å². The minimum absolute atomic E-state index is 0.467. The molecule has 0 saturated heterocycles. The maximum absolute atomic E-state index is 6.03. The molecule has 0 spiro atoms. The highest BCUT2D eigenvalue weighted by Crippen LogP contribution is 2.40. The van der Waals surface area contributed by atoms with Crippen LogP contribution in [0.25, 0.3) is 0 Å². The molecule has 98 valence electrons. The number of rotatable bonds is 2. The van der Waals surface area contributed by atoms with Crippen LogP contribution in [0, 0.1) is 12.8 Å². The van der Waals surface area contributed by atoms with E-state index >= 15 is 0 Å². The smallest absolute Gasteiger partial charge is 0.0133 e. The first-order valence-corrected chi connectivity index (χ1v) is 7.14. The molecular formula is C18H21N. The molecule has 19 heavy (non-hydrogen) atoms. The second-order valence-corrected chi connectivity index (χ2v) is 5.63. The molecule has 1 aliphatic carbocycles. The minimum Gasteiger partial charge on any atom is -0.330 e. The monoisotopic (exact) mass is 251 g/mol. The predicted molar refractivity (Wildman–Crippen MR) is 80.3 cm³/mol. The molecule has 0 radical (unpaired) electrons. The summed E-state index contributed by atoms with van der Waals surface area (Å²) in [5.41, 5.74) is 11.8. The van der Waals surface area contributed by atoms with Gasteiger partial charge in [0.1, 0.15) is 0 Å². The minimum atomic E-state index is 0.467. The summed E-state index contributed by atoms with van der Waals surface area (Å²) >= 11 is 0. The van der Waals surface area contributed by atoms with Crippen molar-refractivity contribution in [1.82, 2.24) is 0 Å². The summed E-state index contributed by atoms with van der Waals surface area (Å²) in [7, 11) is 0. The summed E-state index contributed by atoms with van der Waals surface area (Å²) in [5, 5.41) is 0. The van der Waals surface area contributed by atoms with E-state index in [-0.39, 0.29) is 0 Å². The Morgan fingerprint density at radius 3 is 2.63 bits per heavy atom. The van der Waals surface area contributed by atoms with Crippen LogP contribution in [0.2, 0.25) is 0 Å². The van der Waals surface area contributed by atoms with Crippen molar-refractivity contribution in [3.8, 4) is 0 Å². The van der Waals surface area contributed by atoms with Crippen LogP contribution < -0.4 is 5.73 Å². The number of hydrogen-bond donors (Lipinski definition) is 1. The quantitative estimate of drug-likeness (QED) is 0.866. The van der Waals surface area contributed by atoms with Crippen LogP contribution in [0.15, 0.2) is 48.5 Å². The van der Waals surface area contributed by atoms with Crippen molar-refractivity contribution in [3.63, 3.8) is 0 Å². The molecule has 2 aromatic carbocycles. The van der Waals surface area contributed by atoms with Crippen LogP contribution in [-0.4, -0.2) is 6.54 Å². The normalized spacial score (nSPS) is 22.0. The lowest BCUT2D eigenvalue weighted by Gasteiger charge is -2.33. The highest BCUT2D eigenvalue weighted by atomic mass is 14.6. The Bertz CT molecular complexity index is 559. The molecular weight excluding hydrogens is 230 g/mol. The molecule has 0 fully saturated rings. The van der Waals surface area contributed by atoms with Gasteiger partial charge in [-0.2, -0.15) is 0 Å². The van der Waals surface area contributed by atoms with E-state index in [9.17, 15) is 0 Å². The second kappa shape index (κ2) is 5.18. The molecule has 1 nitrogen and oxygen atoms in total. The van der Waals surface area contributed by atoms with Crippen LogP contribution in [-0.2, 0) is 6.42 Å². The van der Waals surface area contributed by atoms with Crippen LogP contribution >= 0.6 is 0 Å². The van der Waals surface area contributed by atoms with E-state index in [2.05, 4.69) is 55.5 Å². The summed E-state index contributed by atoms with van der Waals surface area (Å²) in [5.74, 6) is 1.03. The van der Waals surface area contributed by atoms with Gasteiger partial charge in [-0.25, -0.2) is 0 Å². The van der Waals surface area contributed by atoms with E-state index in [0.29, 0.717) is 11.8 Å². The Balaban J connectivity index is 2.12. The molecule has 1 aliphatic rings. The topological polar surface area (TPSA) is 26.0 Å². The van der Waals surface area contributed by atoms with Gasteiger partial charge >= 0.3 is 0 Å². The van der Waals surface area contributed by atoms with Crippen molar-refractivity contribution in [1.29, 1.82) is 0 Å². The van der Waals surface area contributed by atoms with Gasteiger partial charge in [0.25, 0.3) is 0 Å². The fourth-order valence-corrected chi connectivity index (χ4v) is 3.36. The first-order valence-electron chi connectivity index (χ1n) is 7.14. The van der Waals surface area contributed by atoms with Crippen LogP contribution in [0.3, 0.4) is 0 Å². The summed E-state index contributed by atoms with van der Waals surface area (Å²) in [4.78, 5) is 0. The zero-order chi connectivity index (χ0) is 13.2. The van der Waals surface area contributed by atoms with E-state index in [4.69, 9.17) is 5.73 Å². The summed E-state index contributed by atoms with van der Waals surface area (Å²) in [6.07, 6.45) is 2.37. The Kier molecular flexibility index (Phi) is 3.39. The number of nitrogens with two attached hydrogens (primary N) is 1. The second-order valence-electron chi connectivity index (χ2n) is 5.63. The van der Waals surface area contributed by atoms with Gasteiger partial charge in [0, 0.05) is 5.92 Å². The lowest BCUT2D eigenvalue weighted by molar-refractivity contribution is 0.419. The van der Waals surface area contributed by atoms with Crippen molar-refractivity contribution in [2.75, 3.05) is 6.54 Å². The Morgan fingerprint density at radius 1 is 1.11 bits per heavy atom. The standard InChI is InChI=1S/C18H21N/c1-13-7-8-14-9-10-16(12-19)18(17(14)11-13)15-5-3-2-4-6-15/h2-8,11,16,18H,9-10,12,19H2,1H3. The maximum atomic E-state index is 6.03. The third-order valence-electron chi connectivity index (χ3n) is 4.35. The van der Waals surface area contributed by atoms with Gasteiger partial charge in [0.05, 0.1) is 0 Å². The van der Waals surface area contributed by atoms with Gasteiger partial charge in [0.2, 0.25) is 0 Å². The molecule has 0 aromatic heterocycles. The van der Waals surface area contributed by atoms with Gasteiger partial charge in [-0.1, -0.05) is 54.1 Å². The van der Waals surface area contributed by atoms with Gasteiger partial charge < -0.3 is 5.73 Å². The van der Waals surface area contributed by atoms with Crippen LogP contribution in [0.5, 0.6) is 0 Å². The van der Waals surface area contributed by atoms with Gasteiger partial charge in [0.15, 0.2) is 0 Å². The molecule has 3 rings (SSSR count). The molecule has 2 atom stereocenters. The largest absolute Gasteiger partial charge is 0.330 e. The highest BCUT2D eigenvalue weighted by Gasteiger charge is 2.29. The molecule has 2 aromatic rings. The fraction of sp³-hybridized carbons (Fsp3) is 0.333. The highest BCUT2D eigenvalue weighted by molar-refractivity contribution is 5.43. The number of benzene rings is 2. The van der Waals surface area contributed by atoms with E-state index in [1.807, 2.05) is 0 Å². The first-order chi connectivity index (χ1) is 9.29. The molecule has 0 bridgehead atoms. The SMILES string of the molecule is Cc1ccc2c(c1)C(c1ccccc1)C(CN)CC2. The van der Waals surface area contributed by atoms with Gasteiger partial charge in [-0.3, -0.25) is 0 Å². The van der Waals surface area contributed by atoms with E-state index < -0.39 is 0 Å². The third kappa shape index (κ3) is 2.31. The molecule has 0 aliphatic heterocycles. The zero-order valence-electron chi connectivity index (χ0n) is 11.5. The van der Waals surface area contributed by atoms with Crippen molar-refractivity contribution >= 4 is 0 Å².